The van der Waals surface area contributed by atoms with Gasteiger partial charge in [-0.2, -0.15) is 0 Å². The summed E-state index contributed by atoms with van der Waals surface area (Å²) >= 11 is 7.45. The van der Waals surface area contributed by atoms with Gasteiger partial charge in [0.1, 0.15) is 0 Å². The number of halogens is 1. The van der Waals surface area contributed by atoms with Gasteiger partial charge in [-0.25, -0.2) is 0 Å². The lowest BCUT2D eigenvalue weighted by molar-refractivity contribution is -0.136. The lowest BCUT2D eigenvalue weighted by atomic mass is 9.84. The molecule has 0 bridgehead atoms. The fraction of sp³-hybridized carbons (Fsp3) is 0.562. The Balaban J connectivity index is 2.82. The summed E-state index contributed by atoms with van der Waals surface area (Å²) in [7, 11) is 0. The van der Waals surface area contributed by atoms with Crippen molar-refractivity contribution in [2.75, 3.05) is 13.1 Å². The first-order valence-electron chi connectivity index (χ1n) is 7.11. The molecule has 3 nitrogen and oxygen atoms in total. The summed E-state index contributed by atoms with van der Waals surface area (Å²) in [6, 6.07) is 3.81. The molecule has 0 spiro atoms. The van der Waals surface area contributed by atoms with Crippen LogP contribution in [0.25, 0.3) is 0 Å². The van der Waals surface area contributed by atoms with Crippen LogP contribution in [0, 0.1) is 11.3 Å². The van der Waals surface area contributed by atoms with Gasteiger partial charge in [0.05, 0.1) is 16.8 Å². The molecule has 0 aromatic carbocycles. The highest BCUT2D eigenvalue weighted by molar-refractivity contribution is 7.16. The first kappa shape index (κ1) is 18.2. The van der Waals surface area contributed by atoms with Crippen molar-refractivity contribution in [2.24, 2.45) is 17.1 Å². The zero-order valence-electron chi connectivity index (χ0n) is 13.1. The van der Waals surface area contributed by atoms with Gasteiger partial charge < -0.3 is 10.6 Å². The molecule has 0 saturated carbocycles. The Bertz CT molecular complexity index is 479. The number of hydrogen-bond donors (Lipinski definition) is 1. The van der Waals surface area contributed by atoms with Gasteiger partial charge >= 0.3 is 0 Å². The van der Waals surface area contributed by atoms with Crippen LogP contribution in [0.1, 0.15) is 32.1 Å². The van der Waals surface area contributed by atoms with E-state index >= 15 is 0 Å². The topological polar surface area (TPSA) is 46.3 Å². The molecule has 1 unspecified atom stereocenters. The number of nitrogens with zero attached hydrogens (tertiary/aromatic N) is 1. The minimum absolute atomic E-state index is 0.0752. The van der Waals surface area contributed by atoms with E-state index in [2.05, 4.69) is 27.4 Å². The molecule has 0 aliphatic rings. The van der Waals surface area contributed by atoms with Crippen molar-refractivity contribution < 1.29 is 4.79 Å². The molecule has 0 aliphatic carbocycles. The molecule has 118 valence electrons. The van der Waals surface area contributed by atoms with Crippen LogP contribution in [0.3, 0.4) is 0 Å². The molecule has 1 aromatic heterocycles. The van der Waals surface area contributed by atoms with E-state index in [1.54, 1.807) is 11.0 Å². The van der Waals surface area contributed by atoms with E-state index in [1.807, 2.05) is 12.1 Å². The fourth-order valence-electron chi connectivity index (χ4n) is 2.28. The maximum absolute atomic E-state index is 12.7. The Labute approximate surface area is 136 Å². The van der Waals surface area contributed by atoms with E-state index in [4.69, 9.17) is 17.3 Å². The standard InChI is InChI=1S/C16H25ClN2OS/c1-5-8-19(11-13-6-7-14(17)21-13)15(20)12(10-18)9-16(2,3)4/h5-7,12H,1,8-11,18H2,2-4H3. The second-order valence-electron chi connectivity index (χ2n) is 6.41. The average molecular weight is 329 g/mol. The van der Waals surface area contributed by atoms with Gasteiger partial charge in [0.15, 0.2) is 0 Å². The third-order valence-corrected chi connectivity index (χ3v) is 4.35. The molecule has 2 N–H and O–H groups in total. The molecule has 21 heavy (non-hydrogen) atoms. The predicted octanol–water partition coefficient (Wildman–Crippen LogP) is 3.93. The van der Waals surface area contributed by atoms with Crippen molar-refractivity contribution in [1.29, 1.82) is 0 Å². The molecule has 0 fully saturated rings. The van der Waals surface area contributed by atoms with Crippen LogP contribution >= 0.6 is 22.9 Å². The van der Waals surface area contributed by atoms with E-state index in [1.165, 1.54) is 11.3 Å². The van der Waals surface area contributed by atoms with Crippen molar-refractivity contribution in [3.8, 4) is 0 Å². The minimum Gasteiger partial charge on any atom is -0.334 e. The molecule has 0 saturated heterocycles. The van der Waals surface area contributed by atoms with Gasteiger partial charge in [0, 0.05) is 18.0 Å². The molecule has 0 aliphatic heterocycles. The van der Waals surface area contributed by atoms with E-state index in [9.17, 15) is 4.79 Å². The van der Waals surface area contributed by atoms with Gasteiger partial charge in [0.2, 0.25) is 5.91 Å². The van der Waals surface area contributed by atoms with Gasteiger partial charge in [-0.15, -0.1) is 17.9 Å². The monoisotopic (exact) mass is 328 g/mol. The summed E-state index contributed by atoms with van der Waals surface area (Å²) in [5.41, 5.74) is 5.90. The number of thiophene rings is 1. The number of amides is 1. The Morgan fingerprint density at radius 1 is 1.52 bits per heavy atom. The summed E-state index contributed by atoms with van der Waals surface area (Å²) in [5.74, 6) is -0.0581. The van der Waals surface area contributed by atoms with Crippen molar-refractivity contribution in [3.05, 3.63) is 34.0 Å². The number of nitrogens with two attached hydrogens (primary N) is 1. The Morgan fingerprint density at radius 3 is 2.62 bits per heavy atom. The lowest BCUT2D eigenvalue weighted by Gasteiger charge is -2.29. The Morgan fingerprint density at radius 2 is 2.19 bits per heavy atom. The molecule has 5 heteroatoms. The quantitative estimate of drug-likeness (QED) is 0.771. The number of rotatable bonds is 7. The number of carbonyl (C=O) groups is 1. The highest BCUT2D eigenvalue weighted by Gasteiger charge is 2.27. The number of carbonyl (C=O) groups excluding carboxylic acids is 1. The normalized spacial score (nSPS) is 13.0. The first-order chi connectivity index (χ1) is 9.76. The van der Waals surface area contributed by atoms with E-state index in [0.717, 1.165) is 15.6 Å². The van der Waals surface area contributed by atoms with Crippen molar-refractivity contribution in [3.63, 3.8) is 0 Å². The predicted molar refractivity (Wildman–Crippen MR) is 91.6 cm³/mol. The Hall–Kier alpha value is -0.840. The third-order valence-electron chi connectivity index (χ3n) is 3.13. The van der Waals surface area contributed by atoms with E-state index < -0.39 is 0 Å². The van der Waals surface area contributed by atoms with Crippen LogP contribution in [0.4, 0.5) is 0 Å². The summed E-state index contributed by atoms with van der Waals surface area (Å²) in [6.07, 6.45) is 2.53. The second kappa shape index (κ2) is 7.97. The Kier molecular flexibility index (Phi) is 6.91. The molecule has 1 atom stereocenters. The zero-order valence-corrected chi connectivity index (χ0v) is 14.6. The summed E-state index contributed by atoms with van der Waals surface area (Å²) in [5, 5.41) is 0. The molecule has 1 heterocycles. The van der Waals surface area contributed by atoms with Crippen molar-refractivity contribution in [1.82, 2.24) is 4.90 Å². The van der Waals surface area contributed by atoms with Crippen LogP contribution in [0.5, 0.6) is 0 Å². The van der Waals surface area contributed by atoms with Crippen LogP contribution in [-0.2, 0) is 11.3 Å². The minimum atomic E-state index is -0.152. The van der Waals surface area contributed by atoms with E-state index in [0.29, 0.717) is 19.6 Å². The first-order valence-corrected chi connectivity index (χ1v) is 8.30. The summed E-state index contributed by atoms with van der Waals surface area (Å²) in [4.78, 5) is 15.6. The van der Waals surface area contributed by atoms with Crippen LogP contribution in [0.2, 0.25) is 4.34 Å². The molecule has 0 radical (unpaired) electrons. The largest absolute Gasteiger partial charge is 0.334 e. The van der Waals surface area contributed by atoms with Gasteiger partial charge in [-0.1, -0.05) is 38.4 Å². The second-order valence-corrected chi connectivity index (χ2v) is 8.21. The van der Waals surface area contributed by atoms with Crippen molar-refractivity contribution >= 4 is 28.8 Å². The summed E-state index contributed by atoms with van der Waals surface area (Å²) in [6.45, 7) is 11.6. The maximum atomic E-state index is 12.7. The van der Waals surface area contributed by atoms with E-state index in [-0.39, 0.29) is 17.2 Å². The molecule has 1 amide bonds. The van der Waals surface area contributed by atoms with Gasteiger partial charge in [-0.05, 0) is 24.0 Å². The smallest absolute Gasteiger partial charge is 0.227 e. The maximum Gasteiger partial charge on any atom is 0.227 e. The molecular weight excluding hydrogens is 304 g/mol. The van der Waals surface area contributed by atoms with Crippen molar-refractivity contribution in [2.45, 2.75) is 33.7 Å². The van der Waals surface area contributed by atoms with Crippen LogP contribution in [-0.4, -0.2) is 23.9 Å². The lowest BCUT2D eigenvalue weighted by Crippen LogP contribution is -2.40. The SMILES string of the molecule is C=CCN(Cc1ccc(Cl)s1)C(=O)C(CN)CC(C)(C)C. The number of hydrogen-bond acceptors (Lipinski definition) is 3. The molecule has 1 rings (SSSR count). The average Bonchev–Trinajstić information content (AvgIpc) is 2.79. The van der Waals surface area contributed by atoms with Gasteiger partial charge in [-0.3, -0.25) is 4.79 Å². The van der Waals surface area contributed by atoms with Crippen LogP contribution < -0.4 is 5.73 Å². The zero-order chi connectivity index (χ0) is 16.0. The highest BCUT2D eigenvalue weighted by Crippen LogP contribution is 2.27. The molecule has 1 aromatic rings. The summed E-state index contributed by atoms with van der Waals surface area (Å²) < 4.78 is 0.737. The highest BCUT2D eigenvalue weighted by atomic mass is 35.5. The molecular formula is C16H25ClN2OS. The fourth-order valence-corrected chi connectivity index (χ4v) is 3.39. The van der Waals surface area contributed by atoms with Crippen LogP contribution in [0.15, 0.2) is 24.8 Å². The van der Waals surface area contributed by atoms with Gasteiger partial charge in [0.25, 0.3) is 0 Å². The third kappa shape index (κ3) is 6.20.